The third-order valence-electron chi connectivity index (χ3n) is 7.67. The number of hydrogen-bond donors (Lipinski definition) is 5. The molecule has 0 radical (unpaired) electrons. The Hall–Kier alpha value is -2.65. The van der Waals surface area contributed by atoms with Gasteiger partial charge in [0.2, 0.25) is 5.95 Å². The predicted molar refractivity (Wildman–Crippen MR) is 159 cm³/mol. The standard InChI is InChI=1S/C21H25FN10O9P2S2/c1-7-8-2-36-43(35,45)41-14-9(39-19(10(14)22)31-5-27-11-15(23)25-4-26-16(11)31)3-37-42(34,44)40-13(7)20(38-8)32-6-28-12-17(32)29-21(24)30-18(12)33/h4-10,13-14,19-20H,2-3H2,1H3,(H,34,44)(H,35,45)(H2,23,25,26)(H3,24,29,30,33)/t7-,8-,9-,10-,13-,14-,19-,20-,42?,43?/m1/s1. The normalized spacial score (nSPS) is 37.7. The second kappa shape index (κ2) is 11.3. The average molecular weight is 707 g/mol. The van der Waals surface area contributed by atoms with Gasteiger partial charge in [-0.3, -0.25) is 37.0 Å². The fourth-order valence-electron chi connectivity index (χ4n) is 5.48. The first-order valence-electron chi connectivity index (χ1n) is 13.2. The summed E-state index contributed by atoms with van der Waals surface area (Å²) in [6, 6.07) is 0. The fraction of sp³-hybridized carbons (Fsp3) is 0.524. The van der Waals surface area contributed by atoms with Gasteiger partial charge >= 0.3 is 13.6 Å². The minimum atomic E-state index is -4.30. The topological polar surface area (TPSA) is 249 Å². The van der Waals surface area contributed by atoms with Crippen LogP contribution in [0.3, 0.4) is 0 Å². The van der Waals surface area contributed by atoms with Gasteiger partial charge in [-0.2, -0.15) is 4.98 Å². The molecule has 2 unspecified atom stereocenters. The van der Waals surface area contributed by atoms with Crippen molar-refractivity contribution in [1.29, 1.82) is 0 Å². The zero-order chi connectivity index (χ0) is 31.8. The molecule has 0 saturated carbocycles. The number of nitrogens with one attached hydrogen (secondary N) is 1. The van der Waals surface area contributed by atoms with Crippen molar-refractivity contribution in [2.45, 2.75) is 50.0 Å². The van der Waals surface area contributed by atoms with E-state index in [9.17, 15) is 13.9 Å². The van der Waals surface area contributed by atoms with Crippen LogP contribution in [0.2, 0.25) is 0 Å². The van der Waals surface area contributed by atoms with E-state index in [0.717, 1.165) is 0 Å². The van der Waals surface area contributed by atoms with Crippen LogP contribution in [0.5, 0.6) is 0 Å². The number of aromatic nitrogens is 8. The molecule has 0 aliphatic carbocycles. The number of aromatic amines is 1. The van der Waals surface area contributed by atoms with Crippen LogP contribution in [0.15, 0.2) is 23.8 Å². The Morgan fingerprint density at radius 3 is 2.27 bits per heavy atom. The lowest BCUT2D eigenvalue weighted by molar-refractivity contribution is -0.0562. The van der Waals surface area contributed by atoms with Gasteiger partial charge in [0.05, 0.1) is 32.0 Å². The Bertz CT molecular complexity index is 1950. The molecule has 2 bridgehead atoms. The molecule has 3 saturated heterocycles. The Labute approximate surface area is 261 Å². The Morgan fingerprint density at radius 2 is 1.53 bits per heavy atom. The van der Waals surface area contributed by atoms with E-state index in [2.05, 4.69) is 54.4 Å². The van der Waals surface area contributed by atoms with Crippen LogP contribution in [0, 0.1) is 5.92 Å². The summed E-state index contributed by atoms with van der Waals surface area (Å²) >= 11 is 8.23. The third-order valence-corrected chi connectivity index (χ3v) is 10.9. The molecule has 10 atom stereocenters. The molecule has 4 aromatic rings. The minimum Gasteiger partial charge on any atom is -0.382 e. The number of halogens is 1. The van der Waals surface area contributed by atoms with Gasteiger partial charge in [-0.25, -0.2) is 33.5 Å². The van der Waals surface area contributed by atoms with Gasteiger partial charge in [0.25, 0.3) is 5.56 Å². The van der Waals surface area contributed by atoms with Gasteiger partial charge in [0.1, 0.15) is 30.2 Å². The van der Waals surface area contributed by atoms with E-state index in [1.54, 1.807) is 6.92 Å². The maximum absolute atomic E-state index is 16.0. The maximum Gasteiger partial charge on any atom is 0.386 e. The summed E-state index contributed by atoms with van der Waals surface area (Å²) in [5.74, 6) is -0.718. The first-order chi connectivity index (χ1) is 21.3. The summed E-state index contributed by atoms with van der Waals surface area (Å²) in [5, 5.41) is 0. The number of ether oxygens (including phenoxy) is 2. The fourth-order valence-corrected chi connectivity index (χ4v) is 8.49. The predicted octanol–water partition coefficient (Wildman–Crippen LogP) is 1.79. The number of rotatable bonds is 2. The monoisotopic (exact) mass is 706 g/mol. The second-order valence-electron chi connectivity index (χ2n) is 10.5. The minimum absolute atomic E-state index is 0.0357. The van der Waals surface area contributed by atoms with Crippen LogP contribution < -0.4 is 17.0 Å². The number of nitrogens with two attached hydrogens (primary N) is 2. The molecule has 4 aromatic heterocycles. The summed E-state index contributed by atoms with van der Waals surface area (Å²) in [7, 11) is 0. The van der Waals surface area contributed by atoms with Crippen molar-refractivity contribution in [2.24, 2.45) is 5.92 Å². The number of hydrogen-bond acceptors (Lipinski definition) is 16. The molecular formula is C21H25FN10O9P2S2. The number of nitrogen functional groups attached to an aromatic ring is 2. The average Bonchev–Trinajstić information content (AvgIpc) is 3.72. The lowest BCUT2D eigenvalue weighted by atomic mass is 10.0. The van der Waals surface area contributed by atoms with Gasteiger partial charge in [-0.1, -0.05) is 31.4 Å². The molecule has 45 heavy (non-hydrogen) atoms. The van der Waals surface area contributed by atoms with Crippen molar-refractivity contribution < 1.29 is 41.1 Å². The van der Waals surface area contributed by atoms with E-state index in [1.807, 2.05) is 0 Å². The first kappa shape index (κ1) is 31.0. The van der Waals surface area contributed by atoms with Crippen LogP contribution in [0.1, 0.15) is 19.4 Å². The third kappa shape index (κ3) is 5.56. The largest absolute Gasteiger partial charge is 0.386 e. The molecule has 0 aromatic carbocycles. The van der Waals surface area contributed by atoms with Crippen molar-refractivity contribution in [2.75, 3.05) is 24.7 Å². The number of imidazole rings is 2. The van der Waals surface area contributed by atoms with E-state index in [1.165, 1.54) is 28.1 Å². The van der Waals surface area contributed by atoms with Gasteiger partial charge in [-0.15, -0.1) is 0 Å². The van der Waals surface area contributed by atoms with Crippen molar-refractivity contribution in [1.82, 2.24) is 39.0 Å². The second-order valence-corrected chi connectivity index (χ2v) is 16.2. The summed E-state index contributed by atoms with van der Waals surface area (Å²) in [5.41, 5.74) is 11.4. The van der Waals surface area contributed by atoms with Crippen LogP contribution in [0.4, 0.5) is 16.2 Å². The van der Waals surface area contributed by atoms with E-state index in [-0.39, 0.29) is 40.7 Å². The number of alkyl halides is 1. The molecule has 7 rings (SSSR count). The lowest BCUT2D eigenvalue weighted by Crippen LogP contribution is -2.33. The van der Waals surface area contributed by atoms with E-state index in [4.69, 9.17) is 39.0 Å². The Morgan fingerprint density at radius 1 is 0.911 bits per heavy atom. The maximum atomic E-state index is 16.0. The number of nitrogens with zero attached hydrogens (tertiary/aromatic N) is 7. The lowest BCUT2D eigenvalue weighted by Gasteiger charge is -2.26. The zero-order valence-corrected chi connectivity index (χ0v) is 26.5. The zero-order valence-electron chi connectivity index (χ0n) is 22.9. The molecule has 7 heterocycles. The Kier molecular flexibility index (Phi) is 7.75. The van der Waals surface area contributed by atoms with Crippen molar-refractivity contribution >= 4 is 72.2 Å². The molecule has 3 aliphatic rings. The highest BCUT2D eigenvalue weighted by Crippen LogP contribution is 2.61. The summed E-state index contributed by atoms with van der Waals surface area (Å²) in [6.07, 6.45) is -5.63. The molecule has 19 nitrogen and oxygen atoms in total. The van der Waals surface area contributed by atoms with E-state index >= 15 is 4.39 Å². The Balaban J connectivity index is 1.21. The summed E-state index contributed by atoms with van der Waals surface area (Å²) in [4.78, 5) is 35.1. The van der Waals surface area contributed by atoms with Crippen LogP contribution in [-0.4, -0.2) is 82.8 Å². The number of anilines is 2. The molecule has 5 N–H and O–H groups in total. The molecule has 3 aliphatic heterocycles. The van der Waals surface area contributed by atoms with Crippen molar-refractivity contribution in [3.8, 4) is 0 Å². The van der Waals surface area contributed by atoms with Gasteiger partial charge in [0.15, 0.2) is 41.3 Å². The molecule has 242 valence electrons. The number of fused-ring (bicyclic) bond motifs is 5. The van der Waals surface area contributed by atoms with Crippen molar-refractivity contribution in [3.05, 3.63) is 29.3 Å². The molecule has 0 amide bonds. The molecule has 0 spiro atoms. The van der Waals surface area contributed by atoms with Crippen LogP contribution >= 0.6 is 38.1 Å². The van der Waals surface area contributed by atoms with E-state index < -0.39 is 74.7 Å². The van der Waals surface area contributed by atoms with Crippen LogP contribution in [-0.2, 0) is 36.7 Å². The smallest absolute Gasteiger partial charge is 0.382 e. The highest BCUT2D eigenvalue weighted by atomic mass is 32.7. The SMILES string of the molecule is C[C@H]1[C@H]2OP(=O)(S)OC[C@H]3O[C@@H](n4cnc5c(N)ncnc54)[C@H](F)[C@@H]3OP(=O)(S)OC[C@H]1O[C@H]2n1cnc2c(=O)[nH]c(N)nc21. The number of thiol groups is 2. The highest BCUT2D eigenvalue weighted by Gasteiger charge is 2.53. The quantitative estimate of drug-likeness (QED) is 0.147. The molecule has 24 heteroatoms. The summed E-state index contributed by atoms with van der Waals surface area (Å²) < 4.78 is 80.4. The van der Waals surface area contributed by atoms with Gasteiger partial charge < -0.3 is 20.9 Å². The molecule has 3 fully saturated rings. The van der Waals surface area contributed by atoms with Crippen molar-refractivity contribution in [3.63, 3.8) is 0 Å². The first-order valence-corrected chi connectivity index (χ1v) is 18.6. The summed E-state index contributed by atoms with van der Waals surface area (Å²) in [6.45, 7) is -7.82. The number of H-pyrrole nitrogens is 1. The molecular weight excluding hydrogens is 681 g/mol. The highest BCUT2D eigenvalue weighted by molar-refractivity contribution is 8.44. The van der Waals surface area contributed by atoms with Gasteiger partial charge in [0, 0.05) is 5.92 Å². The van der Waals surface area contributed by atoms with Gasteiger partial charge in [-0.05, 0) is 0 Å². The van der Waals surface area contributed by atoms with E-state index in [0.29, 0.717) is 0 Å². The van der Waals surface area contributed by atoms with Crippen LogP contribution in [0.25, 0.3) is 22.3 Å².